The van der Waals surface area contributed by atoms with E-state index < -0.39 is 5.92 Å². The Kier molecular flexibility index (Phi) is 8.78. The van der Waals surface area contributed by atoms with Crippen LogP contribution in [0, 0.1) is 11.3 Å². The number of nitrogens with zero attached hydrogens (tertiary/aromatic N) is 4. The van der Waals surface area contributed by atoms with Crippen LogP contribution in [0.1, 0.15) is 61.3 Å². The molecule has 3 N–H and O–H groups in total. The molecule has 0 spiro atoms. The highest BCUT2D eigenvalue weighted by atomic mass is 32.1. The molecule has 0 atom stereocenters. The number of nitrogens with one attached hydrogen (secondary N) is 1. The third-order valence-corrected chi connectivity index (χ3v) is 5.07. The number of fused-ring (bicyclic) bond motifs is 1. The predicted molar refractivity (Wildman–Crippen MR) is 119 cm³/mol. The van der Waals surface area contributed by atoms with Gasteiger partial charge in [-0.2, -0.15) is 5.26 Å². The number of amides is 1. The first-order valence-corrected chi connectivity index (χ1v) is 10.7. The van der Waals surface area contributed by atoms with E-state index in [1.54, 1.807) is 23.6 Å². The number of Topliss-reactive ketones (excluding diaryl/α,β-unsaturated/α-hetero) is 1. The van der Waals surface area contributed by atoms with E-state index in [0.29, 0.717) is 34.6 Å². The van der Waals surface area contributed by atoms with Crippen LogP contribution < -0.4 is 11.1 Å². The number of alkyl halides is 2. The summed E-state index contributed by atoms with van der Waals surface area (Å²) in [6.07, 6.45) is 4.19. The Labute approximate surface area is 188 Å². The molecular formula is C21H24F2N6O2S. The van der Waals surface area contributed by atoms with Crippen molar-refractivity contribution in [1.29, 1.82) is 5.26 Å². The van der Waals surface area contributed by atoms with Crippen molar-refractivity contribution in [2.75, 3.05) is 11.1 Å². The van der Waals surface area contributed by atoms with Gasteiger partial charge in [-0.15, -0.1) is 16.4 Å². The third-order valence-electron chi connectivity index (χ3n) is 4.25. The molecule has 8 nitrogen and oxygen atoms in total. The summed E-state index contributed by atoms with van der Waals surface area (Å²) >= 11 is 1.27. The number of aromatic nitrogens is 3. The molecule has 1 saturated carbocycles. The standard InChI is InChI=1S/C12H8N6OS.C6H10F2.C3H6O/c13-5-10-8(3-4-20-10)16-11(19)9-2-1-7-6-15-12(14)17-18(7)9;7-6(8)4-2-1-3-5-6;1-3(2)4/h1-4,6H,(H2,14,17)(H,16,19);1-5H2;1-2H3. The van der Waals surface area contributed by atoms with Gasteiger partial charge >= 0.3 is 0 Å². The number of nitrogen functional groups attached to an aromatic ring is 1. The lowest BCUT2D eigenvalue weighted by molar-refractivity contribution is -0.115. The summed E-state index contributed by atoms with van der Waals surface area (Å²) in [6, 6.07) is 7.04. The van der Waals surface area contributed by atoms with Crippen molar-refractivity contribution in [3.63, 3.8) is 0 Å². The normalized spacial score (nSPS) is 14.2. The molecule has 0 unspecified atom stereocenters. The van der Waals surface area contributed by atoms with Crippen LogP contribution in [0.2, 0.25) is 0 Å². The summed E-state index contributed by atoms with van der Waals surface area (Å²) in [5, 5.41) is 17.3. The van der Waals surface area contributed by atoms with Gasteiger partial charge in [-0.1, -0.05) is 6.42 Å². The molecule has 0 aromatic carbocycles. The maximum absolute atomic E-state index is 12.2. The number of rotatable bonds is 2. The van der Waals surface area contributed by atoms with Gasteiger partial charge in [0.1, 0.15) is 22.4 Å². The van der Waals surface area contributed by atoms with E-state index in [0.717, 1.165) is 6.42 Å². The molecule has 1 amide bonds. The molecule has 1 aliphatic rings. The highest BCUT2D eigenvalue weighted by molar-refractivity contribution is 7.11. The lowest BCUT2D eigenvalue weighted by Gasteiger charge is -2.20. The van der Waals surface area contributed by atoms with Gasteiger partial charge in [0.05, 0.1) is 17.4 Å². The van der Waals surface area contributed by atoms with Gasteiger partial charge in [0.2, 0.25) is 11.9 Å². The number of anilines is 2. The van der Waals surface area contributed by atoms with E-state index in [4.69, 9.17) is 11.0 Å². The zero-order valence-corrected chi connectivity index (χ0v) is 18.6. The number of halogens is 2. The highest BCUT2D eigenvalue weighted by Gasteiger charge is 2.30. The summed E-state index contributed by atoms with van der Waals surface area (Å²) in [6.45, 7) is 3.06. The number of carbonyl (C=O) groups excluding carboxylic acids is 2. The number of nitriles is 1. The average Bonchev–Trinajstić information content (AvgIpc) is 3.34. The van der Waals surface area contributed by atoms with E-state index in [-0.39, 0.29) is 30.5 Å². The van der Waals surface area contributed by atoms with E-state index in [1.165, 1.54) is 35.9 Å². The minimum atomic E-state index is -2.32. The van der Waals surface area contributed by atoms with Crippen LogP contribution in [0.5, 0.6) is 0 Å². The summed E-state index contributed by atoms with van der Waals surface area (Å²) in [4.78, 5) is 26.0. The van der Waals surface area contributed by atoms with E-state index in [1.807, 2.05) is 6.07 Å². The Hall–Kier alpha value is -3.39. The molecule has 0 radical (unpaired) electrons. The number of hydrogen-bond donors (Lipinski definition) is 2. The first kappa shape index (κ1) is 24.9. The van der Waals surface area contributed by atoms with Gasteiger partial charge in [-0.3, -0.25) is 4.79 Å². The topological polar surface area (TPSA) is 126 Å². The molecule has 170 valence electrons. The van der Waals surface area contributed by atoms with Crippen LogP contribution in [0.3, 0.4) is 0 Å². The van der Waals surface area contributed by atoms with Gasteiger partial charge in [-0.05, 0) is 50.3 Å². The lowest BCUT2D eigenvalue weighted by atomic mass is 9.97. The molecule has 3 heterocycles. The van der Waals surface area contributed by atoms with Crippen molar-refractivity contribution < 1.29 is 18.4 Å². The van der Waals surface area contributed by atoms with Crippen molar-refractivity contribution in [2.45, 2.75) is 51.9 Å². The van der Waals surface area contributed by atoms with Gasteiger partial charge < -0.3 is 15.8 Å². The van der Waals surface area contributed by atoms with Crippen molar-refractivity contribution in [1.82, 2.24) is 14.6 Å². The molecule has 11 heteroatoms. The molecule has 3 aromatic rings. The Morgan fingerprint density at radius 2 is 1.88 bits per heavy atom. The maximum Gasteiger partial charge on any atom is 0.274 e. The number of ketones is 1. The number of thiophene rings is 1. The zero-order chi connectivity index (χ0) is 23.7. The Morgan fingerprint density at radius 3 is 2.44 bits per heavy atom. The summed E-state index contributed by atoms with van der Waals surface area (Å²) in [5.41, 5.74) is 6.99. The minimum absolute atomic E-state index is 0.0796. The van der Waals surface area contributed by atoms with Crippen molar-refractivity contribution in [2.24, 2.45) is 0 Å². The molecule has 0 bridgehead atoms. The monoisotopic (exact) mass is 462 g/mol. The van der Waals surface area contributed by atoms with Gasteiger partial charge in [0.15, 0.2) is 0 Å². The fourth-order valence-corrected chi connectivity index (χ4v) is 3.47. The van der Waals surface area contributed by atoms with Crippen molar-refractivity contribution >= 4 is 40.2 Å². The van der Waals surface area contributed by atoms with Crippen LogP contribution in [0.15, 0.2) is 29.8 Å². The third kappa shape index (κ3) is 7.39. The molecule has 4 rings (SSSR count). The lowest BCUT2D eigenvalue weighted by Crippen LogP contribution is -2.18. The summed E-state index contributed by atoms with van der Waals surface area (Å²) < 4.78 is 25.8. The van der Waals surface area contributed by atoms with Crippen LogP contribution in [0.4, 0.5) is 20.4 Å². The van der Waals surface area contributed by atoms with Gasteiger partial charge in [0.25, 0.3) is 5.91 Å². The molecule has 32 heavy (non-hydrogen) atoms. The molecule has 1 fully saturated rings. The van der Waals surface area contributed by atoms with Gasteiger partial charge in [-0.25, -0.2) is 18.3 Å². The van der Waals surface area contributed by atoms with Crippen molar-refractivity contribution in [3.8, 4) is 6.07 Å². The van der Waals surface area contributed by atoms with Crippen LogP contribution in [0.25, 0.3) is 5.52 Å². The van der Waals surface area contributed by atoms with E-state index >= 15 is 0 Å². The number of nitrogens with two attached hydrogens (primary N) is 1. The maximum atomic E-state index is 12.2. The number of carbonyl (C=O) groups is 2. The minimum Gasteiger partial charge on any atom is -0.367 e. The molecule has 0 saturated heterocycles. The van der Waals surface area contributed by atoms with E-state index in [9.17, 15) is 18.4 Å². The van der Waals surface area contributed by atoms with Gasteiger partial charge in [0, 0.05) is 12.8 Å². The molecular weight excluding hydrogens is 438 g/mol. The van der Waals surface area contributed by atoms with Crippen LogP contribution >= 0.6 is 11.3 Å². The molecule has 3 aromatic heterocycles. The van der Waals surface area contributed by atoms with Crippen LogP contribution in [-0.2, 0) is 4.79 Å². The largest absolute Gasteiger partial charge is 0.367 e. The van der Waals surface area contributed by atoms with E-state index in [2.05, 4.69) is 15.4 Å². The van der Waals surface area contributed by atoms with Crippen molar-refractivity contribution in [3.05, 3.63) is 40.3 Å². The smallest absolute Gasteiger partial charge is 0.274 e. The quantitative estimate of drug-likeness (QED) is 0.569. The molecule has 0 aliphatic heterocycles. The van der Waals surface area contributed by atoms with Crippen LogP contribution in [-0.4, -0.2) is 32.2 Å². The Bertz CT molecular complexity index is 1110. The predicted octanol–water partition coefficient (Wildman–Crippen LogP) is 4.68. The Balaban J connectivity index is 0.000000250. The fourth-order valence-electron chi connectivity index (χ4n) is 2.84. The average molecular weight is 463 g/mol. The number of hydrogen-bond acceptors (Lipinski definition) is 7. The summed E-state index contributed by atoms with van der Waals surface area (Å²) in [5.74, 6) is -2.44. The fraction of sp³-hybridized carbons (Fsp3) is 0.381. The Morgan fingerprint density at radius 1 is 1.22 bits per heavy atom. The first-order valence-electron chi connectivity index (χ1n) is 9.87. The highest BCUT2D eigenvalue weighted by Crippen LogP contribution is 2.32. The first-order chi connectivity index (χ1) is 15.1. The summed E-state index contributed by atoms with van der Waals surface area (Å²) in [7, 11) is 0. The zero-order valence-electron chi connectivity index (χ0n) is 17.8. The second kappa shape index (κ2) is 11.3. The second-order valence-corrected chi connectivity index (χ2v) is 8.14. The molecule has 1 aliphatic carbocycles. The SMILES string of the molecule is CC(C)=O.FC1(F)CCCCC1.N#Cc1sccc1NC(=O)c1ccc2cnc(N)nn12. The second-order valence-electron chi connectivity index (χ2n) is 7.23.